The van der Waals surface area contributed by atoms with Crippen molar-refractivity contribution in [2.75, 3.05) is 13.1 Å². The molecule has 3 N–H and O–H groups in total. The van der Waals surface area contributed by atoms with Crippen LogP contribution in [0.3, 0.4) is 0 Å². The van der Waals surface area contributed by atoms with Gasteiger partial charge in [0, 0.05) is 19.5 Å². The zero-order valence-electron chi connectivity index (χ0n) is 11.7. The highest BCUT2D eigenvalue weighted by Crippen LogP contribution is 2.33. The topological polar surface area (TPSA) is 101 Å². The summed E-state index contributed by atoms with van der Waals surface area (Å²) in [6.07, 6.45) is 0.512. The average molecular weight is 270 g/mol. The minimum atomic E-state index is -1.08. The molecule has 19 heavy (non-hydrogen) atoms. The molecule has 6 nitrogen and oxygen atoms in total. The van der Waals surface area contributed by atoms with Gasteiger partial charge in [-0.05, 0) is 19.3 Å². The highest BCUT2D eigenvalue weighted by molar-refractivity contribution is 5.86. The van der Waals surface area contributed by atoms with Crippen LogP contribution < -0.4 is 5.73 Å². The van der Waals surface area contributed by atoms with Gasteiger partial charge in [-0.2, -0.15) is 0 Å². The second-order valence-corrected chi connectivity index (χ2v) is 5.78. The Balaban J connectivity index is 2.70. The third-order valence-electron chi connectivity index (χ3n) is 4.22. The standard InChI is InChI=1S/C13H22N2O4/c1-8(2)13(3,12(18)19)6-10(16)15-5-4-9(7-15)11(14)17/h8-9H,4-7H2,1-3H3,(H2,14,17)(H,18,19). The monoisotopic (exact) mass is 270 g/mol. The molecule has 0 saturated carbocycles. The second-order valence-electron chi connectivity index (χ2n) is 5.78. The third-order valence-corrected chi connectivity index (χ3v) is 4.22. The minimum absolute atomic E-state index is 0.0501. The van der Waals surface area contributed by atoms with Crippen molar-refractivity contribution < 1.29 is 19.5 Å². The lowest BCUT2D eigenvalue weighted by Gasteiger charge is -2.30. The van der Waals surface area contributed by atoms with Crippen molar-refractivity contribution in [3.05, 3.63) is 0 Å². The smallest absolute Gasteiger partial charge is 0.310 e. The normalized spacial score (nSPS) is 22.3. The molecule has 0 aromatic carbocycles. The SMILES string of the molecule is CC(C)C(C)(CC(=O)N1CCC(C(N)=O)C1)C(=O)O. The van der Waals surface area contributed by atoms with E-state index in [1.54, 1.807) is 25.7 Å². The summed E-state index contributed by atoms with van der Waals surface area (Å²) < 4.78 is 0. The Morgan fingerprint density at radius 1 is 1.42 bits per heavy atom. The Morgan fingerprint density at radius 3 is 2.37 bits per heavy atom. The highest BCUT2D eigenvalue weighted by Gasteiger charge is 2.41. The molecule has 0 aliphatic carbocycles. The summed E-state index contributed by atoms with van der Waals surface area (Å²) in [6, 6.07) is 0. The Hall–Kier alpha value is -1.59. The van der Waals surface area contributed by atoms with E-state index >= 15 is 0 Å². The van der Waals surface area contributed by atoms with Crippen molar-refractivity contribution in [3.8, 4) is 0 Å². The van der Waals surface area contributed by atoms with Crippen molar-refractivity contribution in [2.45, 2.75) is 33.6 Å². The zero-order chi connectivity index (χ0) is 14.8. The van der Waals surface area contributed by atoms with E-state index in [1.807, 2.05) is 0 Å². The van der Waals surface area contributed by atoms with Crippen molar-refractivity contribution in [1.82, 2.24) is 4.90 Å². The first kappa shape index (κ1) is 15.5. The molecule has 0 spiro atoms. The molecule has 2 atom stereocenters. The first-order valence-electron chi connectivity index (χ1n) is 6.49. The van der Waals surface area contributed by atoms with Gasteiger partial charge < -0.3 is 15.7 Å². The Labute approximate surface area is 112 Å². The van der Waals surface area contributed by atoms with Crippen LogP contribution in [-0.4, -0.2) is 40.9 Å². The summed E-state index contributed by atoms with van der Waals surface area (Å²) in [5, 5.41) is 9.29. The predicted molar refractivity (Wildman–Crippen MR) is 69.1 cm³/mol. The Bertz CT molecular complexity index is 394. The van der Waals surface area contributed by atoms with Crippen LogP contribution in [0, 0.1) is 17.3 Å². The predicted octanol–water partition coefficient (Wildman–Crippen LogP) is 0.457. The number of carbonyl (C=O) groups is 3. The zero-order valence-corrected chi connectivity index (χ0v) is 11.7. The van der Waals surface area contributed by atoms with Crippen LogP contribution in [0.5, 0.6) is 0 Å². The van der Waals surface area contributed by atoms with E-state index in [0.29, 0.717) is 19.5 Å². The van der Waals surface area contributed by atoms with Crippen LogP contribution in [0.2, 0.25) is 0 Å². The molecule has 6 heteroatoms. The Kier molecular flexibility index (Phi) is 4.55. The number of carboxylic acid groups (broad SMARTS) is 1. The number of hydrogen-bond acceptors (Lipinski definition) is 3. The molecule has 2 amide bonds. The van der Waals surface area contributed by atoms with Gasteiger partial charge in [0.05, 0.1) is 11.3 Å². The maximum absolute atomic E-state index is 12.1. The van der Waals surface area contributed by atoms with Gasteiger partial charge >= 0.3 is 5.97 Å². The summed E-state index contributed by atoms with van der Waals surface area (Å²) in [6.45, 7) is 5.94. The lowest BCUT2D eigenvalue weighted by Crippen LogP contribution is -2.40. The number of amides is 2. The summed E-state index contributed by atoms with van der Waals surface area (Å²) in [4.78, 5) is 36.1. The number of nitrogens with two attached hydrogens (primary N) is 1. The fraction of sp³-hybridized carbons (Fsp3) is 0.769. The minimum Gasteiger partial charge on any atom is -0.481 e. The molecule has 1 aliphatic rings. The summed E-state index contributed by atoms with van der Waals surface area (Å²) in [7, 11) is 0. The Morgan fingerprint density at radius 2 is 2.00 bits per heavy atom. The van der Waals surface area contributed by atoms with E-state index in [2.05, 4.69) is 0 Å². The number of rotatable bonds is 5. The van der Waals surface area contributed by atoms with Gasteiger partial charge in [0.15, 0.2) is 0 Å². The van der Waals surface area contributed by atoms with Gasteiger partial charge in [-0.15, -0.1) is 0 Å². The molecule has 0 radical (unpaired) electrons. The van der Waals surface area contributed by atoms with Gasteiger partial charge in [-0.25, -0.2) is 0 Å². The molecule has 108 valence electrons. The number of nitrogens with zero attached hydrogens (tertiary/aromatic N) is 1. The number of primary amides is 1. The van der Waals surface area contributed by atoms with Crippen LogP contribution in [0.15, 0.2) is 0 Å². The average Bonchev–Trinajstić information content (AvgIpc) is 2.77. The van der Waals surface area contributed by atoms with E-state index in [0.717, 1.165) is 0 Å². The van der Waals surface area contributed by atoms with Crippen LogP contribution in [0.25, 0.3) is 0 Å². The molecule has 1 aliphatic heterocycles. The van der Waals surface area contributed by atoms with E-state index in [-0.39, 0.29) is 24.2 Å². The van der Waals surface area contributed by atoms with Crippen molar-refractivity contribution in [1.29, 1.82) is 0 Å². The maximum Gasteiger partial charge on any atom is 0.310 e. The van der Waals surface area contributed by atoms with Crippen LogP contribution in [-0.2, 0) is 14.4 Å². The lowest BCUT2D eigenvalue weighted by atomic mass is 9.76. The largest absolute Gasteiger partial charge is 0.481 e. The fourth-order valence-electron chi connectivity index (χ4n) is 2.17. The van der Waals surface area contributed by atoms with Gasteiger partial charge in [0.25, 0.3) is 0 Å². The summed E-state index contributed by atoms with van der Waals surface area (Å²) >= 11 is 0. The third kappa shape index (κ3) is 3.24. The molecule has 2 unspecified atom stereocenters. The van der Waals surface area contributed by atoms with Crippen LogP contribution >= 0.6 is 0 Å². The molecular weight excluding hydrogens is 248 g/mol. The molecule has 1 saturated heterocycles. The van der Waals surface area contributed by atoms with E-state index < -0.39 is 17.3 Å². The van der Waals surface area contributed by atoms with E-state index in [1.165, 1.54) is 0 Å². The van der Waals surface area contributed by atoms with Gasteiger partial charge in [0.1, 0.15) is 0 Å². The number of likely N-dealkylation sites (tertiary alicyclic amines) is 1. The van der Waals surface area contributed by atoms with Gasteiger partial charge in [-0.1, -0.05) is 13.8 Å². The van der Waals surface area contributed by atoms with Crippen molar-refractivity contribution in [3.63, 3.8) is 0 Å². The quantitative estimate of drug-likeness (QED) is 0.757. The molecule has 0 aromatic heterocycles. The van der Waals surface area contributed by atoms with Crippen molar-refractivity contribution in [2.24, 2.45) is 23.0 Å². The molecule has 1 fully saturated rings. The second kappa shape index (κ2) is 5.59. The molecule has 0 bridgehead atoms. The molecular formula is C13H22N2O4. The molecule has 1 rings (SSSR count). The van der Waals surface area contributed by atoms with E-state index in [4.69, 9.17) is 5.73 Å². The maximum atomic E-state index is 12.1. The first-order chi connectivity index (χ1) is 8.68. The van der Waals surface area contributed by atoms with E-state index in [9.17, 15) is 19.5 Å². The summed E-state index contributed by atoms with van der Waals surface area (Å²) in [5.41, 5.74) is 4.13. The number of hydrogen-bond donors (Lipinski definition) is 2. The number of carboxylic acids is 1. The molecule has 0 aromatic rings. The fourth-order valence-corrected chi connectivity index (χ4v) is 2.17. The highest BCUT2D eigenvalue weighted by atomic mass is 16.4. The van der Waals surface area contributed by atoms with Crippen LogP contribution in [0.4, 0.5) is 0 Å². The lowest BCUT2D eigenvalue weighted by molar-refractivity contribution is -0.155. The first-order valence-corrected chi connectivity index (χ1v) is 6.49. The number of aliphatic carboxylic acids is 1. The van der Waals surface area contributed by atoms with Crippen LogP contribution in [0.1, 0.15) is 33.6 Å². The number of carbonyl (C=O) groups excluding carboxylic acids is 2. The van der Waals surface area contributed by atoms with Crippen molar-refractivity contribution >= 4 is 17.8 Å². The van der Waals surface area contributed by atoms with Gasteiger partial charge in [0.2, 0.25) is 11.8 Å². The molecule has 1 heterocycles. The summed E-state index contributed by atoms with van der Waals surface area (Å²) in [5.74, 6) is -2.05. The van der Waals surface area contributed by atoms with Gasteiger partial charge in [-0.3, -0.25) is 14.4 Å².